The number of aromatic nitrogens is 2. The maximum absolute atomic E-state index is 14.3. The molecule has 45 heavy (non-hydrogen) atoms. The van der Waals surface area contributed by atoms with Gasteiger partial charge >= 0.3 is 6.18 Å². The number of carbonyl (C=O) groups is 1. The number of alkyl halides is 4. The molecule has 0 saturated heterocycles. The molecule has 0 radical (unpaired) electrons. The van der Waals surface area contributed by atoms with Crippen LogP contribution >= 0.6 is 11.3 Å². The molecule has 2 saturated carbocycles. The fraction of sp³-hybridized carbons (Fsp3) is 0.516. The number of nitrogens with zero attached hydrogens (tertiary/aromatic N) is 4. The van der Waals surface area contributed by atoms with Gasteiger partial charge in [-0.25, -0.2) is 22.8 Å². The lowest BCUT2D eigenvalue weighted by atomic mass is 9.93. The van der Waals surface area contributed by atoms with Gasteiger partial charge in [-0.2, -0.15) is 13.2 Å². The van der Waals surface area contributed by atoms with Gasteiger partial charge in [-0.15, -0.1) is 11.3 Å². The molecule has 1 amide bonds. The van der Waals surface area contributed by atoms with E-state index in [1.54, 1.807) is 13.8 Å². The number of halogens is 4. The lowest BCUT2D eigenvalue weighted by Crippen LogP contribution is -2.39. The number of carbonyl (C=O) groups excluding carboxylic acids is 1. The lowest BCUT2D eigenvalue weighted by molar-refractivity contribution is -0.137. The number of hydrogen-bond acceptors (Lipinski definition) is 8. The zero-order valence-corrected chi connectivity index (χ0v) is 26.5. The molecule has 240 valence electrons. The third kappa shape index (κ3) is 6.20. The first-order valence-electron chi connectivity index (χ1n) is 15.1. The number of nitrogens with one attached hydrogen (secondary N) is 1. The number of anilines is 2. The van der Waals surface area contributed by atoms with Crippen molar-refractivity contribution in [3.8, 4) is 10.6 Å². The van der Waals surface area contributed by atoms with Crippen LogP contribution in [0, 0.1) is 0 Å². The summed E-state index contributed by atoms with van der Waals surface area (Å²) in [5.74, 6) is -0.526. The first kappa shape index (κ1) is 30.5. The van der Waals surface area contributed by atoms with Gasteiger partial charge in [0.25, 0.3) is 5.91 Å². The molecule has 1 N–H and O–H groups in total. The number of sulfone groups is 1. The molecule has 1 aromatic carbocycles. The van der Waals surface area contributed by atoms with Crippen molar-refractivity contribution in [2.45, 2.75) is 81.2 Å². The van der Waals surface area contributed by atoms with E-state index >= 15 is 0 Å². The highest BCUT2D eigenvalue weighted by molar-refractivity contribution is 7.91. The van der Waals surface area contributed by atoms with Crippen molar-refractivity contribution in [2.24, 2.45) is 0 Å². The summed E-state index contributed by atoms with van der Waals surface area (Å²) >= 11 is 0.727. The van der Waals surface area contributed by atoms with Crippen LogP contribution < -0.4 is 5.32 Å². The van der Waals surface area contributed by atoms with E-state index in [4.69, 9.17) is 0 Å². The molecular formula is C31H33F4N5O3S2. The molecule has 2 aromatic heterocycles. The van der Waals surface area contributed by atoms with Gasteiger partial charge in [0, 0.05) is 44.1 Å². The lowest BCUT2D eigenvalue weighted by Gasteiger charge is -2.33. The first-order chi connectivity index (χ1) is 21.2. The highest BCUT2D eigenvalue weighted by Crippen LogP contribution is 2.47. The Hall–Kier alpha value is -3.10. The van der Waals surface area contributed by atoms with E-state index in [1.807, 2.05) is 6.07 Å². The third-order valence-electron chi connectivity index (χ3n) is 8.73. The average Bonchev–Trinajstić information content (AvgIpc) is 3.89. The molecule has 0 atom stereocenters. The van der Waals surface area contributed by atoms with E-state index in [2.05, 4.69) is 26.3 Å². The second kappa shape index (κ2) is 10.7. The molecule has 3 aromatic rings. The van der Waals surface area contributed by atoms with E-state index in [1.165, 1.54) is 4.90 Å². The fourth-order valence-electron chi connectivity index (χ4n) is 6.32. The van der Waals surface area contributed by atoms with Crippen LogP contribution in [0.4, 0.5) is 29.2 Å². The zero-order chi connectivity index (χ0) is 31.9. The van der Waals surface area contributed by atoms with Crippen molar-refractivity contribution in [1.82, 2.24) is 19.8 Å². The second-order valence-electron chi connectivity index (χ2n) is 13.1. The maximum Gasteiger partial charge on any atom is 0.420 e. The molecule has 2 aliphatic carbocycles. The predicted molar refractivity (Wildman–Crippen MR) is 162 cm³/mol. The van der Waals surface area contributed by atoms with Crippen molar-refractivity contribution in [1.29, 1.82) is 0 Å². The fourth-order valence-corrected chi connectivity index (χ4v) is 9.24. The highest BCUT2D eigenvalue weighted by Gasteiger charge is 2.42. The quantitative estimate of drug-likeness (QED) is 0.295. The summed E-state index contributed by atoms with van der Waals surface area (Å²) in [6.45, 7) is 4.82. The SMILES string of the molecule is CC(C)(F)CN1CCc2cc(Nc3ncc(C(F)(F)F)c(-c4cc5c(s4)C(=O)N(C4CC4)CCS5(=O)=O)n3)c(C3CC3)cc2C1. The minimum Gasteiger partial charge on any atom is -0.334 e. The van der Waals surface area contributed by atoms with Gasteiger partial charge in [0.2, 0.25) is 5.95 Å². The van der Waals surface area contributed by atoms with Crippen LogP contribution in [0.25, 0.3) is 10.6 Å². The summed E-state index contributed by atoms with van der Waals surface area (Å²) in [7, 11) is -3.89. The van der Waals surface area contributed by atoms with Crippen LogP contribution in [0.5, 0.6) is 0 Å². The van der Waals surface area contributed by atoms with Gasteiger partial charge in [0.15, 0.2) is 9.84 Å². The van der Waals surface area contributed by atoms with Crippen molar-refractivity contribution in [3.05, 3.63) is 51.5 Å². The van der Waals surface area contributed by atoms with Crippen LogP contribution in [0.1, 0.15) is 77.4 Å². The second-order valence-corrected chi connectivity index (χ2v) is 16.2. The van der Waals surface area contributed by atoms with Gasteiger partial charge in [-0.3, -0.25) is 9.69 Å². The molecular weight excluding hydrogens is 630 g/mol. The molecule has 0 bridgehead atoms. The van der Waals surface area contributed by atoms with Crippen LogP contribution in [-0.4, -0.2) is 71.2 Å². The number of rotatable bonds is 7. The molecule has 7 rings (SSSR count). The van der Waals surface area contributed by atoms with Crippen LogP contribution in [-0.2, 0) is 29.0 Å². The maximum atomic E-state index is 14.3. The summed E-state index contributed by atoms with van der Waals surface area (Å²) in [5.41, 5.74) is 1.00. The number of benzene rings is 1. The Balaban J connectivity index is 1.25. The van der Waals surface area contributed by atoms with Crippen LogP contribution in [0.3, 0.4) is 0 Å². The van der Waals surface area contributed by atoms with E-state index in [0.29, 0.717) is 43.9 Å². The number of thiophene rings is 1. The van der Waals surface area contributed by atoms with Crippen LogP contribution in [0.2, 0.25) is 0 Å². The van der Waals surface area contributed by atoms with Crippen molar-refractivity contribution in [2.75, 3.05) is 30.7 Å². The van der Waals surface area contributed by atoms with Crippen LogP contribution in [0.15, 0.2) is 29.3 Å². The summed E-state index contributed by atoms with van der Waals surface area (Å²) in [6.07, 6.45) is 0.100. The van der Waals surface area contributed by atoms with E-state index in [0.717, 1.165) is 59.8 Å². The summed E-state index contributed by atoms with van der Waals surface area (Å²) in [4.78, 5) is 24.9. The van der Waals surface area contributed by atoms with Gasteiger partial charge in [-0.1, -0.05) is 6.07 Å². The average molecular weight is 664 g/mol. The van der Waals surface area contributed by atoms with Gasteiger partial charge in [0.1, 0.15) is 16.1 Å². The van der Waals surface area contributed by atoms with Crippen molar-refractivity contribution < 1.29 is 30.8 Å². The molecule has 4 aliphatic rings. The molecule has 0 unspecified atom stereocenters. The monoisotopic (exact) mass is 663 g/mol. The minimum atomic E-state index is -4.82. The zero-order valence-electron chi connectivity index (χ0n) is 24.9. The Bertz CT molecular complexity index is 1790. The summed E-state index contributed by atoms with van der Waals surface area (Å²) < 4.78 is 83.3. The van der Waals surface area contributed by atoms with Gasteiger partial charge in [0.05, 0.1) is 21.2 Å². The standard InChI is InChI=1S/C31H33F4N5O3S2/c1-30(2,32)16-39-8-7-18-12-23(21(17-3-4-17)11-19(18)15-39)37-29-36-14-22(31(33,34)35)26(38-29)24-13-25-27(44-24)28(41)40(20-5-6-20)9-10-45(25,42)43/h11-14,17,20H,3-10,15-16H2,1-2H3,(H,36,37,38). The Morgan fingerprint density at radius 3 is 2.47 bits per heavy atom. The molecule has 2 aliphatic heterocycles. The van der Waals surface area contributed by atoms with Gasteiger partial charge < -0.3 is 10.2 Å². The predicted octanol–water partition coefficient (Wildman–Crippen LogP) is 6.34. The number of hydrogen-bond donors (Lipinski definition) is 1. The Labute approximate surface area is 262 Å². The molecule has 2 fully saturated rings. The van der Waals surface area contributed by atoms with E-state index in [9.17, 15) is 30.8 Å². The van der Waals surface area contributed by atoms with Crippen molar-refractivity contribution in [3.63, 3.8) is 0 Å². The molecule has 8 nitrogen and oxygen atoms in total. The summed E-state index contributed by atoms with van der Waals surface area (Å²) in [5, 5.41) is 3.16. The smallest absolute Gasteiger partial charge is 0.334 e. The number of fused-ring (bicyclic) bond motifs is 2. The van der Waals surface area contributed by atoms with Crippen molar-refractivity contribution >= 4 is 38.7 Å². The Kier molecular flexibility index (Phi) is 7.28. The normalized spacial score (nSPS) is 20.5. The molecule has 0 spiro atoms. The summed E-state index contributed by atoms with van der Waals surface area (Å²) in [6, 6.07) is 5.22. The largest absolute Gasteiger partial charge is 0.420 e. The minimum absolute atomic E-state index is 0.0410. The van der Waals surface area contributed by atoms with E-state index in [-0.39, 0.29) is 38.9 Å². The Morgan fingerprint density at radius 1 is 1.04 bits per heavy atom. The highest BCUT2D eigenvalue weighted by atomic mass is 32.2. The Morgan fingerprint density at radius 2 is 1.80 bits per heavy atom. The topological polar surface area (TPSA) is 95.5 Å². The molecule has 4 heterocycles. The third-order valence-corrected chi connectivity index (χ3v) is 11.7. The molecule has 14 heteroatoms. The first-order valence-corrected chi connectivity index (χ1v) is 17.6. The van der Waals surface area contributed by atoms with Gasteiger partial charge in [-0.05, 0) is 80.7 Å². The number of amides is 1. The van der Waals surface area contributed by atoms with E-state index < -0.39 is 38.8 Å².